The van der Waals surface area contributed by atoms with Crippen LogP contribution in [0.15, 0.2) is 48.7 Å². The molecule has 1 aromatic heterocycles. The molecule has 1 aromatic carbocycles. The van der Waals surface area contributed by atoms with Gasteiger partial charge in [-0.15, -0.1) is 0 Å². The first-order valence-electron chi connectivity index (χ1n) is 8.73. The van der Waals surface area contributed by atoms with Crippen molar-refractivity contribution in [2.24, 2.45) is 0 Å². The SMILES string of the molecule is Fc1cccc(-c2ncccc2COC2CCNC2)c1F.O=C(O)C=CC(=O)O. The average molecular weight is 406 g/mol. The maximum absolute atomic E-state index is 13.9. The highest BCUT2D eigenvalue weighted by molar-refractivity contribution is 5.89. The minimum Gasteiger partial charge on any atom is -0.478 e. The monoisotopic (exact) mass is 406 g/mol. The van der Waals surface area contributed by atoms with E-state index in [1.807, 2.05) is 6.07 Å². The molecule has 0 aliphatic carbocycles. The Morgan fingerprint density at radius 3 is 2.52 bits per heavy atom. The summed E-state index contributed by atoms with van der Waals surface area (Å²) in [4.78, 5) is 23.3. The number of nitrogens with zero attached hydrogens (tertiary/aromatic N) is 1. The van der Waals surface area contributed by atoms with Gasteiger partial charge in [0.2, 0.25) is 0 Å². The normalized spacial score (nSPS) is 15.7. The smallest absolute Gasteiger partial charge is 0.328 e. The number of carbonyl (C=O) groups is 2. The molecule has 9 heteroatoms. The minimum absolute atomic E-state index is 0.162. The van der Waals surface area contributed by atoms with Crippen LogP contribution in [0.2, 0.25) is 0 Å². The van der Waals surface area contributed by atoms with E-state index >= 15 is 0 Å². The fraction of sp³-hybridized carbons (Fsp3) is 0.250. The molecule has 3 N–H and O–H groups in total. The second-order valence-electron chi connectivity index (χ2n) is 6.05. The number of rotatable bonds is 6. The number of nitrogens with one attached hydrogen (secondary N) is 1. The Balaban J connectivity index is 0.000000321. The quantitative estimate of drug-likeness (QED) is 0.633. The van der Waals surface area contributed by atoms with Gasteiger partial charge in [0.1, 0.15) is 0 Å². The number of ether oxygens (including phenoxy) is 1. The molecule has 1 unspecified atom stereocenters. The highest BCUT2D eigenvalue weighted by Gasteiger charge is 2.18. The third-order valence-corrected chi connectivity index (χ3v) is 3.96. The molecule has 3 rings (SSSR count). The van der Waals surface area contributed by atoms with E-state index in [0.29, 0.717) is 24.5 Å². The van der Waals surface area contributed by atoms with Gasteiger partial charge in [-0.1, -0.05) is 12.1 Å². The highest BCUT2D eigenvalue weighted by Crippen LogP contribution is 2.26. The number of halogens is 2. The summed E-state index contributed by atoms with van der Waals surface area (Å²) in [6.45, 7) is 2.11. The van der Waals surface area contributed by atoms with Gasteiger partial charge in [-0.25, -0.2) is 18.4 Å². The van der Waals surface area contributed by atoms with Crippen LogP contribution in [-0.4, -0.2) is 46.3 Å². The Labute approximate surface area is 165 Å². The Morgan fingerprint density at radius 1 is 1.17 bits per heavy atom. The largest absolute Gasteiger partial charge is 0.478 e. The lowest BCUT2D eigenvalue weighted by Gasteiger charge is -2.13. The van der Waals surface area contributed by atoms with Gasteiger partial charge >= 0.3 is 11.9 Å². The molecule has 154 valence electrons. The number of pyridine rings is 1. The van der Waals surface area contributed by atoms with Crippen LogP contribution in [0.5, 0.6) is 0 Å². The third kappa shape index (κ3) is 7.05. The van der Waals surface area contributed by atoms with Gasteiger partial charge in [0.25, 0.3) is 0 Å². The molecule has 1 fully saturated rings. The summed E-state index contributed by atoms with van der Waals surface area (Å²) in [5, 5.41) is 18.8. The molecule has 1 saturated heterocycles. The molecule has 0 amide bonds. The van der Waals surface area contributed by atoms with Gasteiger partial charge in [-0.3, -0.25) is 4.98 Å². The number of aliphatic carboxylic acids is 2. The minimum atomic E-state index is -1.26. The zero-order chi connectivity index (χ0) is 21.2. The van der Waals surface area contributed by atoms with Crippen molar-refractivity contribution in [3.63, 3.8) is 0 Å². The molecule has 0 radical (unpaired) electrons. The molecule has 29 heavy (non-hydrogen) atoms. The van der Waals surface area contributed by atoms with E-state index in [-0.39, 0.29) is 11.7 Å². The maximum atomic E-state index is 13.9. The van der Waals surface area contributed by atoms with Crippen molar-refractivity contribution in [2.45, 2.75) is 19.1 Å². The van der Waals surface area contributed by atoms with Crippen molar-refractivity contribution in [2.75, 3.05) is 13.1 Å². The molecule has 0 saturated carbocycles. The molecular formula is C20H20F2N2O5. The first kappa shape index (κ1) is 22.1. The number of carboxylic acid groups (broad SMARTS) is 2. The van der Waals surface area contributed by atoms with E-state index in [1.165, 1.54) is 12.1 Å². The maximum Gasteiger partial charge on any atom is 0.328 e. The Hall–Kier alpha value is -3.17. The number of carboxylic acids is 2. The lowest BCUT2D eigenvalue weighted by molar-refractivity contribution is -0.134. The van der Waals surface area contributed by atoms with Crippen LogP contribution in [0.25, 0.3) is 11.3 Å². The van der Waals surface area contributed by atoms with Gasteiger partial charge in [-0.05, 0) is 31.2 Å². The van der Waals surface area contributed by atoms with Crippen molar-refractivity contribution in [3.8, 4) is 11.3 Å². The number of benzene rings is 1. The molecule has 7 nitrogen and oxygen atoms in total. The molecule has 0 bridgehead atoms. The van der Waals surface area contributed by atoms with Crippen molar-refractivity contribution in [1.82, 2.24) is 10.3 Å². The van der Waals surface area contributed by atoms with Crippen LogP contribution in [0.4, 0.5) is 8.78 Å². The fourth-order valence-electron chi connectivity index (χ4n) is 2.60. The molecule has 1 atom stereocenters. The van der Waals surface area contributed by atoms with E-state index in [1.54, 1.807) is 12.3 Å². The Bertz CT molecular complexity index is 867. The van der Waals surface area contributed by atoms with Gasteiger partial charge in [0.15, 0.2) is 11.6 Å². The van der Waals surface area contributed by atoms with Crippen molar-refractivity contribution in [1.29, 1.82) is 0 Å². The predicted octanol–water partition coefficient (Wildman–Crippen LogP) is 2.62. The second-order valence-corrected chi connectivity index (χ2v) is 6.05. The molecule has 2 aromatic rings. The summed E-state index contributed by atoms with van der Waals surface area (Å²) < 4.78 is 33.1. The summed E-state index contributed by atoms with van der Waals surface area (Å²) >= 11 is 0. The van der Waals surface area contributed by atoms with Crippen LogP contribution in [-0.2, 0) is 20.9 Å². The second kappa shape index (κ2) is 11.0. The molecule has 2 heterocycles. The lowest BCUT2D eigenvalue weighted by atomic mass is 10.1. The Kier molecular flexibility index (Phi) is 8.38. The first-order valence-corrected chi connectivity index (χ1v) is 8.73. The Morgan fingerprint density at radius 2 is 1.90 bits per heavy atom. The van der Waals surface area contributed by atoms with E-state index < -0.39 is 23.6 Å². The van der Waals surface area contributed by atoms with Gasteiger partial charge in [0, 0.05) is 36.0 Å². The van der Waals surface area contributed by atoms with Gasteiger partial charge < -0.3 is 20.3 Å². The molecular weight excluding hydrogens is 386 g/mol. The van der Waals surface area contributed by atoms with E-state index in [9.17, 15) is 18.4 Å². The average Bonchev–Trinajstić information content (AvgIpc) is 3.21. The molecule has 1 aliphatic rings. The lowest BCUT2D eigenvalue weighted by Crippen LogP contribution is -2.16. The van der Waals surface area contributed by atoms with Crippen molar-refractivity contribution >= 4 is 11.9 Å². The number of aromatic nitrogens is 1. The van der Waals surface area contributed by atoms with Gasteiger partial charge in [0.05, 0.1) is 18.4 Å². The molecule has 0 spiro atoms. The fourth-order valence-corrected chi connectivity index (χ4v) is 2.60. The zero-order valence-electron chi connectivity index (χ0n) is 15.3. The molecule has 1 aliphatic heterocycles. The van der Waals surface area contributed by atoms with E-state index in [4.69, 9.17) is 14.9 Å². The zero-order valence-corrected chi connectivity index (χ0v) is 15.3. The summed E-state index contributed by atoms with van der Waals surface area (Å²) in [6, 6.07) is 7.71. The van der Waals surface area contributed by atoms with E-state index in [2.05, 4.69) is 10.3 Å². The summed E-state index contributed by atoms with van der Waals surface area (Å²) in [5.74, 6) is -4.26. The van der Waals surface area contributed by atoms with Crippen LogP contribution in [0.1, 0.15) is 12.0 Å². The summed E-state index contributed by atoms with van der Waals surface area (Å²) in [6.07, 6.45) is 3.81. The highest BCUT2D eigenvalue weighted by atomic mass is 19.2. The van der Waals surface area contributed by atoms with Crippen LogP contribution >= 0.6 is 0 Å². The number of hydrogen-bond acceptors (Lipinski definition) is 5. The van der Waals surface area contributed by atoms with Crippen molar-refractivity contribution < 1.29 is 33.3 Å². The van der Waals surface area contributed by atoms with Crippen molar-refractivity contribution in [3.05, 3.63) is 65.9 Å². The standard InChI is InChI=1S/C16H16F2N2O.C4H4O4/c17-14-5-1-4-13(15(14)18)16-11(3-2-7-20-16)10-21-12-6-8-19-9-12;5-3(6)1-2-4(7)8/h1-5,7,12,19H,6,8-10H2;1-2H,(H,5,6)(H,7,8). The topological polar surface area (TPSA) is 109 Å². The first-order chi connectivity index (χ1) is 13.9. The summed E-state index contributed by atoms with van der Waals surface area (Å²) in [5.41, 5.74) is 1.35. The van der Waals surface area contributed by atoms with Crippen LogP contribution < -0.4 is 5.32 Å². The predicted molar refractivity (Wildman–Crippen MR) is 100 cm³/mol. The third-order valence-electron chi connectivity index (χ3n) is 3.96. The number of hydrogen-bond donors (Lipinski definition) is 3. The summed E-state index contributed by atoms with van der Waals surface area (Å²) in [7, 11) is 0. The van der Waals surface area contributed by atoms with Crippen LogP contribution in [0.3, 0.4) is 0 Å². The van der Waals surface area contributed by atoms with Gasteiger partial charge in [-0.2, -0.15) is 0 Å². The van der Waals surface area contributed by atoms with Crippen LogP contribution in [0, 0.1) is 11.6 Å². The van der Waals surface area contributed by atoms with E-state index in [0.717, 1.165) is 31.1 Å².